The van der Waals surface area contributed by atoms with Gasteiger partial charge in [-0.05, 0) is 77.0 Å². The number of carbonyl (C=O) groups is 3. The number of H-pyrrole nitrogens is 2. The van der Waals surface area contributed by atoms with Gasteiger partial charge in [0.05, 0.1) is 62.7 Å². The number of alkyl carbamates (subject to hydrolysis) is 1. The van der Waals surface area contributed by atoms with E-state index in [2.05, 4.69) is 107 Å². The molecule has 9 rings (SSSR count). The van der Waals surface area contributed by atoms with Crippen molar-refractivity contribution in [2.24, 2.45) is 5.92 Å². The predicted octanol–water partition coefficient (Wildman–Crippen LogP) is 8.43. The molecule has 1 spiro atoms. The number of aromatic amines is 2. The lowest BCUT2D eigenvalue weighted by Crippen LogP contribution is -2.52. The van der Waals surface area contributed by atoms with Gasteiger partial charge in [-0.15, -0.1) is 0 Å². The van der Waals surface area contributed by atoms with Crippen molar-refractivity contribution in [3.63, 3.8) is 0 Å². The van der Waals surface area contributed by atoms with E-state index in [4.69, 9.17) is 24.2 Å². The molecule has 3 aliphatic heterocycles. The lowest BCUT2D eigenvalue weighted by atomic mass is 9.98. The van der Waals surface area contributed by atoms with Gasteiger partial charge in [-0.2, -0.15) is 0 Å². The number of nitrogens with zero attached hydrogens (tertiary/aromatic N) is 5. The minimum absolute atomic E-state index is 0.105. The van der Waals surface area contributed by atoms with Crippen molar-refractivity contribution >= 4 is 28.7 Å². The number of carbonyl (C=O) groups excluding carboxylic acids is 3. The van der Waals surface area contributed by atoms with Crippen LogP contribution in [0.2, 0.25) is 0 Å². The summed E-state index contributed by atoms with van der Waals surface area (Å²) in [6.45, 7) is 11.4. The molecule has 3 aliphatic rings. The molecule has 3 fully saturated rings. The van der Waals surface area contributed by atoms with Crippen LogP contribution in [0.4, 0.5) is 4.79 Å². The van der Waals surface area contributed by atoms with E-state index in [1.807, 2.05) is 43.1 Å². The number of imidazole rings is 2. The fourth-order valence-electron chi connectivity index (χ4n) is 9.85. The van der Waals surface area contributed by atoms with Crippen LogP contribution < -0.4 is 5.32 Å². The molecular formula is C51H58N8O6. The monoisotopic (exact) mass is 878 g/mol. The van der Waals surface area contributed by atoms with Gasteiger partial charge in [-0.1, -0.05) is 107 Å². The van der Waals surface area contributed by atoms with E-state index in [9.17, 15) is 14.4 Å². The van der Waals surface area contributed by atoms with E-state index in [-0.39, 0.29) is 36.4 Å². The van der Waals surface area contributed by atoms with Crippen molar-refractivity contribution in [1.29, 1.82) is 0 Å². The average Bonchev–Trinajstić information content (AvgIpc) is 4.21. The molecule has 0 bridgehead atoms. The number of fused-ring (bicyclic) bond motifs is 1. The zero-order chi connectivity index (χ0) is 45.2. The number of likely N-dealkylation sites (N-methyl/N-ethyl adjacent to an activating group) is 1. The zero-order valence-corrected chi connectivity index (χ0v) is 37.8. The molecule has 6 aromatic rings. The van der Waals surface area contributed by atoms with Crippen molar-refractivity contribution in [3.8, 4) is 33.6 Å². The third kappa shape index (κ3) is 8.77. The van der Waals surface area contributed by atoms with Gasteiger partial charge in [-0.25, -0.2) is 14.8 Å². The maximum Gasteiger partial charge on any atom is 0.407 e. The topological polar surface area (TPSA) is 158 Å². The number of amides is 3. The second kappa shape index (κ2) is 18.6. The third-order valence-electron chi connectivity index (χ3n) is 13.3. The Kier molecular flexibility index (Phi) is 12.6. The van der Waals surface area contributed by atoms with E-state index >= 15 is 0 Å². The summed E-state index contributed by atoms with van der Waals surface area (Å²) in [5.41, 5.74) is 6.92. The van der Waals surface area contributed by atoms with Gasteiger partial charge in [-0.3, -0.25) is 14.5 Å². The molecule has 2 aromatic heterocycles. The number of nitrogens with one attached hydrogen (secondary N) is 3. The van der Waals surface area contributed by atoms with Crippen molar-refractivity contribution in [1.82, 2.24) is 40.0 Å². The molecule has 65 heavy (non-hydrogen) atoms. The van der Waals surface area contributed by atoms with E-state index in [0.29, 0.717) is 32.0 Å². The fourth-order valence-corrected chi connectivity index (χ4v) is 9.85. The number of aromatic nitrogens is 4. The summed E-state index contributed by atoms with van der Waals surface area (Å²) in [6.07, 6.45) is 5.23. The predicted molar refractivity (Wildman–Crippen MR) is 248 cm³/mol. The Balaban J connectivity index is 0.893. The third-order valence-corrected chi connectivity index (χ3v) is 13.3. The summed E-state index contributed by atoms with van der Waals surface area (Å²) in [4.78, 5) is 63.1. The molecular weight excluding hydrogens is 821 g/mol. The van der Waals surface area contributed by atoms with Gasteiger partial charge in [0.1, 0.15) is 23.7 Å². The number of methoxy groups -OCH3 is 1. The highest BCUT2D eigenvalue weighted by atomic mass is 16.7. The minimum Gasteiger partial charge on any atom is -0.453 e. The molecule has 0 saturated carbocycles. The molecule has 3 saturated heterocycles. The Bertz CT molecular complexity index is 2630. The van der Waals surface area contributed by atoms with Gasteiger partial charge in [0.25, 0.3) is 0 Å². The SMILES string of the molecule is CCN(CC)[C@@H](C(=O)N1CCC[C@H]1c1ncc(-c2ccc3cc(-c4ccc(-c5cnc([C@@H]6CC7(CN6C(=O)C(NC(=O)OC)C(C)C)OCCO7)[nH]5)cc4)ccc3c2)[nH]1)c1ccccc1. The Morgan fingerprint density at radius 2 is 1.38 bits per heavy atom. The summed E-state index contributed by atoms with van der Waals surface area (Å²) in [5.74, 6) is 0.211. The molecule has 1 unspecified atom stereocenters. The zero-order valence-electron chi connectivity index (χ0n) is 37.8. The number of rotatable bonds is 13. The van der Waals surface area contributed by atoms with Crippen molar-refractivity contribution in [2.45, 2.75) is 76.9 Å². The van der Waals surface area contributed by atoms with E-state index in [0.717, 1.165) is 81.7 Å². The molecule has 4 aromatic carbocycles. The molecule has 0 radical (unpaired) electrons. The normalized spacial score (nSPS) is 19.1. The Labute approximate surface area is 379 Å². The highest BCUT2D eigenvalue weighted by Gasteiger charge is 2.53. The Morgan fingerprint density at radius 3 is 2.03 bits per heavy atom. The largest absolute Gasteiger partial charge is 0.453 e. The first kappa shape index (κ1) is 43.9. The molecule has 3 N–H and O–H groups in total. The van der Waals surface area contributed by atoms with Crippen LogP contribution in [0.25, 0.3) is 44.4 Å². The Hall–Kier alpha value is -6.35. The summed E-state index contributed by atoms with van der Waals surface area (Å²) in [6, 6.07) is 29.7. The van der Waals surface area contributed by atoms with Crippen LogP contribution in [0.1, 0.15) is 82.3 Å². The van der Waals surface area contributed by atoms with Gasteiger partial charge in [0.2, 0.25) is 11.8 Å². The van der Waals surface area contributed by atoms with Gasteiger partial charge in [0, 0.05) is 18.5 Å². The van der Waals surface area contributed by atoms with Crippen LogP contribution in [0.3, 0.4) is 0 Å². The van der Waals surface area contributed by atoms with E-state index in [1.165, 1.54) is 7.11 Å². The smallest absolute Gasteiger partial charge is 0.407 e. The van der Waals surface area contributed by atoms with Crippen molar-refractivity contribution < 1.29 is 28.6 Å². The number of likely N-dealkylation sites (tertiary alicyclic amines) is 2. The first-order valence-corrected chi connectivity index (χ1v) is 22.9. The lowest BCUT2D eigenvalue weighted by molar-refractivity contribution is -0.153. The first-order chi connectivity index (χ1) is 31.6. The maximum atomic E-state index is 14.3. The molecule has 5 heterocycles. The van der Waals surface area contributed by atoms with E-state index < -0.39 is 24.0 Å². The summed E-state index contributed by atoms with van der Waals surface area (Å²) in [5, 5.41) is 4.94. The van der Waals surface area contributed by atoms with Crippen molar-refractivity contribution in [2.75, 3.05) is 46.5 Å². The van der Waals surface area contributed by atoms with Gasteiger partial charge in [0.15, 0.2) is 5.79 Å². The molecule has 338 valence electrons. The summed E-state index contributed by atoms with van der Waals surface area (Å²) < 4.78 is 16.9. The van der Waals surface area contributed by atoms with Crippen molar-refractivity contribution in [3.05, 3.63) is 121 Å². The highest BCUT2D eigenvalue weighted by Crippen LogP contribution is 2.43. The molecule has 3 amide bonds. The van der Waals surface area contributed by atoms with Crippen LogP contribution in [0.5, 0.6) is 0 Å². The maximum absolute atomic E-state index is 14.3. The number of benzene rings is 4. The molecule has 4 atom stereocenters. The minimum atomic E-state index is -0.926. The lowest BCUT2D eigenvalue weighted by Gasteiger charge is -2.34. The fraction of sp³-hybridized carbons (Fsp3) is 0.392. The molecule has 14 heteroatoms. The van der Waals surface area contributed by atoms with Crippen LogP contribution in [-0.4, -0.2) is 111 Å². The number of hydrogen-bond acceptors (Lipinski definition) is 9. The quantitative estimate of drug-likeness (QED) is 0.104. The van der Waals surface area contributed by atoms with Crippen LogP contribution in [0, 0.1) is 5.92 Å². The molecule has 0 aliphatic carbocycles. The van der Waals surface area contributed by atoms with E-state index in [1.54, 1.807) is 11.1 Å². The van der Waals surface area contributed by atoms with Crippen LogP contribution in [0.15, 0.2) is 103 Å². The number of ether oxygens (including phenoxy) is 3. The van der Waals surface area contributed by atoms with Crippen LogP contribution in [-0.2, 0) is 23.8 Å². The summed E-state index contributed by atoms with van der Waals surface area (Å²) in [7, 11) is 1.28. The Morgan fingerprint density at radius 1 is 0.785 bits per heavy atom. The van der Waals surface area contributed by atoms with Gasteiger partial charge >= 0.3 is 6.09 Å². The standard InChI is InChI=1S/C51H58N8O6/c1-6-57(7-2)45(35-12-9-8-10-13-35)49(61)58-23-11-14-42(58)46-52-30-41(55-46)39-22-21-37-26-36(19-20-38(37)27-39)33-15-17-34(18-16-33)40-29-53-47(54-40)43-28-51(64-24-25-65-51)31-59(43)48(60)44(32(3)4)56-50(62)63-5/h8-10,12-13,15-22,26-27,29-30,32,42-45H,6-7,11,14,23-25,28,31H2,1-5H3,(H,52,55)(H,53,54)(H,56,62)/t42-,43-,44?,45+/m0/s1. The molecule has 14 nitrogen and oxygen atoms in total. The average molecular weight is 879 g/mol. The second-order valence-electron chi connectivity index (χ2n) is 17.6. The highest BCUT2D eigenvalue weighted by molar-refractivity contribution is 5.91. The number of hydrogen-bond donors (Lipinski definition) is 3. The summed E-state index contributed by atoms with van der Waals surface area (Å²) >= 11 is 0. The first-order valence-electron chi connectivity index (χ1n) is 22.9. The van der Waals surface area contributed by atoms with Crippen LogP contribution >= 0.6 is 0 Å². The van der Waals surface area contributed by atoms with Gasteiger partial charge < -0.3 is 39.3 Å². The second-order valence-corrected chi connectivity index (χ2v) is 17.6.